The van der Waals surface area contributed by atoms with E-state index in [0.717, 1.165) is 49.7 Å². The minimum absolute atomic E-state index is 0.0238. The van der Waals surface area contributed by atoms with Crippen molar-refractivity contribution in [3.63, 3.8) is 0 Å². The molecule has 1 saturated heterocycles. The Balaban J connectivity index is 1.68. The van der Waals surface area contributed by atoms with Crippen LogP contribution in [0.5, 0.6) is 0 Å². The van der Waals surface area contributed by atoms with Crippen LogP contribution < -0.4 is 0 Å². The molecule has 0 aromatic carbocycles. The third-order valence-electron chi connectivity index (χ3n) is 5.52. The van der Waals surface area contributed by atoms with E-state index in [9.17, 15) is 5.11 Å². The van der Waals surface area contributed by atoms with Crippen LogP contribution in [0.4, 0.5) is 0 Å². The molecular weight excluding hydrogens is 210 g/mol. The molecule has 4 unspecified atom stereocenters. The van der Waals surface area contributed by atoms with Crippen LogP contribution >= 0.6 is 0 Å². The SMILES string of the molecule is CC1CC2CCCC(C2)C1N1CCC(O)CC1. The van der Waals surface area contributed by atoms with Gasteiger partial charge in [0.05, 0.1) is 6.10 Å². The summed E-state index contributed by atoms with van der Waals surface area (Å²) in [6, 6.07) is 0.832. The van der Waals surface area contributed by atoms with Gasteiger partial charge in [-0.1, -0.05) is 19.8 Å². The van der Waals surface area contributed by atoms with E-state index in [4.69, 9.17) is 0 Å². The maximum Gasteiger partial charge on any atom is 0.0564 e. The van der Waals surface area contributed by atoms with Crippen molar-refractivity contribution >= 4 is 0 Å². The van der Waals surface area contributed by atoms with Crippen molar-refractivity contribution in [3.05, 3.63) is 0 Å². The molecular formula is C15H27NO. The van der Waals surface area contributed by atoms with E-state index >= 15 is 0 Å². The molecule has 2 heteroatoms. The van der Waals surface area contributed by atoms with E-state index in [0.29, 0.717) is 0 Å². The van der Waals surface area contributed by atoms with Crippen molar-refractivity contribution in [3.8, 4) is 0 Å². The second kappa shape index (κ2) is 4.89. The lowest BCUT2D eigenvalue weighted by atomic mass is 9.65. The molecule has 0 aromatic rings. The lowest BCUT2D eigenvalue weighted by molar-refractivity contribution is -0.0185. The summed E-state index contributed by atoms with van der Waals surface area (Å²) in [7, 11) is 0. The van der Waals surface area contributed by atoms with Crippen molar-refractivity contribution in [2.45, 2.75) is 64.0 Å². The average molecular weight is 237 g/mol. The standard InChI is InChI=1S/C15H27NO/c1-11-9-12-3-2-4-13(10-12)15(11)16-7-5-14(17)6-8-16/h11-15,17H,2-10H2,1H3. The predicted molar refractivity (Wildman–Crippen MR) is 69.8 cm³/mol. The number of aliphatic hydroxyl groups excluding tert-OH is 1. The third kappa shape index (κ3) is 2.39. The predicted octanol–water partition coefficient (Wildman–Crippen LogP) is 2.66. The van der Waals surface area contributed by atoms with E-state index in [2.05, 4.69) is 11.8 Å². The van der Waals surface area contributed by atoms with Crippen LogP contribution in [0.1, 0.15) is 51.9 Å². The summed E-state index contributed by atoms with van der Waals surface area (Å²) in [5, 5.41) is 9.64. The van der Waals surface area contributed by atoms with E-state index < -0.39 is 0 Å². The molecule has 0 spiro atoms. The van der Waals surface area contributed by atoms with Gasteiger partial charge in [-0.3, -0.25) is 4.90 Å². The molecule has 3 aliphatic rings. The number of likely N-dealkylation sites (tertiary alicyclic amines) is 1. The molecule has 1 aliphatic heterocycles. The number of piperidine rings is 1. The first-order valence-electron chi connectivity index (χ1n) is 7.66. The minimum atomic E-state index is -0.0238. The van der Waals surface area contributed by atoms with Gasteiger partial charge in [0.1, 0.15) is 0 Å². The largest absolute Gasteiger partial charge is 0.393 e. The number of hydrogen-bond acceptors (Lipinski definition) is 2. The van der Waals surface area contributed by atoms with Crippen molar-refractivity contribution in [1.29, 1.82) is 0 Å². The molecule has 0 amide bonds. The monoisotopic (exact) mass is 237 g/mol. The van der Waals surface area contributed by atoms with Crippen LogP contribution in [0.2, 0.25) is 0 Å². The van der Waals surface area contributed by atoms with E-state index in [1.165, 1.54) is 32.1 Å². The van der Waals surface area contributed by atoms with Gasteiger partial charge in [0.25, 0.3) is 0 Å². The molecule has 98 valence electrons. The Morgan fingerprint density at radius 2 is 1.76 bits per heavy atom. The van der Waals surface area contributed by atoms with Gasteiger partial charge in [0.2, 0.25) is 0 Å². The molecule has 2 saturated carbocycles. The Morgan fingerprint density at radius 1 is 1.00 bits per heavy atom. The number of fused-ring (bicyclic) bond motifs is 2. The third-order valence-corrected chi connectivity index (χ3v) is 5.52. The Morgan fingerprint density at radius 3 is 2.53 bits per heavy atom. The highest BCUT2D eigenvalue weighted by atomic mass is 16.3. The minimum Gasteiger partial charge on any atom is -0.393 e. The van der Waals surface area contributed by atoms with Gasteiger partial charge in [-0.25, -0.2) is 0 Å². The first kappa shape index (κ1) is 12.0. The van der Waals surface area contributed by atoms with Crippen LogP contribution in [-0.4, -0.2) is 35.2 Å². The zero-order chi connectivity index (χ0) is 11.8. The zero-order valence-corrected chi connectivity index (χ0v) is 11.1. The Bertz CT molecular complexity index is 258. The number of rotatable bonds is 1. The van der Waals surface area contributed by atoms with Gasteiger partial charge in [-0.05, 0) is 49.9 Å². The lowest BCUT2D eigenvalue weighted by Gasteiger charge is -2.50. The average Bonchev–Trinajstić information content (AvgIpc) is 2.31. The molecule has 2 bridgehead atoms. The van der Waals surface area contributed by atoms with Crippen molar-refractivity contribution in [2.75, 3.05) is 13.1 Å². The first-order chi connectivity index (χ1) is 8.24. The van der Waals surface area contributed by atoms with Gasteiger partial charge in [0.15, 0.2) is 0 Å². The number of nitrogens with zero attached hydrogens (tertiary/aromatic N) is 1. The van der Waals surface area contributed by atoms with Crippen molar-refractivity contribution in [2.24, 2.45) is 17.8 Å². The normalized spacial score (nSPS) is 44.8. The molecule has 2 aliphatic carbocycles. The fourth-order valence-corrected chi connectivity index (χ4v) is 4.83. The maximum absolute atomic E-state index is 9.64. The maximum atomic E-state index is 9.64. The Hall–Kier alpha value is -0.0800. The molecule has 0 radical (unpaired) electrons. The summed E-state index contributed by atoms with van der Waals surface area (Å²) in [4.78, 5) is 2.71. The molecule has 1 N–H and O–H groups in total. The van der Waals surface area contributed by atoms with Crippen molar-refractivity contribution in [1.82, 2.24) is 4.90 Å². The summed E-state index contributed by atoms with van der Waals surface area (Å²) in [5.41, 5.74) is 0. The summed E-state index contributed by atoms with van der Waals surface area (Å²) in [6.45, 7) is 4.74. The topological polar surface area (TPSA) is 23.5 Å². The van der Waals surface area contributed by atoms with Gasteiger partial charge >= 0.3 is 0 Å². The molecule has 1 heterocycles. The fraction of sp³-hybridized carbons (Fsp3) is 1.00. The first-order valence-corrected chi connectivity index (χ1v) is 7.66. The zero-order valence-electron chi connectivity index (χ0n) is 11.1. The molecule has 3 fully saturated rings. The molecule has 17 heavy (non-hydrogen) atoms. The van der Waals surface area contributed by atoms with Crippen LogP contribution in [0, 0.1) is 17.8 Å². The Kier molecular flexibility index (Phi) is 3.45. The molecule has 2 nitrogen and oxygen atoms in total. The van der Waals surface area contributed by atoms with Crippen LogP contribution in [0.25, 0.3) is 0 Å². The van der Waals surface area contributed by atoms with Crippen LogP contribution in [0.3, 0.4) is 0 Å². The second-order valence-electron chi connectivity index (χ2n) is 6.76. The summed E-state index contributed by atoms with van der Waals surface area (Å²) in [6.07, 6.45) is 9.35. The lowest BCUT2D eigenvalue weighted by Crippen LogP contribution is -2.52. The smallest absolute Gasteiger partial charge is 0.0564 e. The van der Waals surface area contributed by atoms with Crippen molar-refractivity contribution < 1.29 is 5.11 Å². The van der Waals surface area contributed by atoms with Gasteiger partial charge in [0, 0.05) is 19.1 Å². The molecule has 4 atom stereocenters. The highest BCUT2D eigenvalue weighted by Gasteiger charge is 2.41. The van der Waals surface area contributed by atoms with E-state index in [-0.39, 0.29) is 6.10 Å². The highest BCUT2D eigenvalue weighted by molar-refractivity contribution is 4.94. The highest BCUT2D eigenvalue weighted by Crippen LogP contribution is 2.45. The van der Waals surface area contributed by atoms with Gasteiger partial charge in [-0.15, -0.1) is 0 Å². The molecule has 3 rings (SSSR count). The Labute approximate surface area is 105 Å². The van der Waals surface area contributed by atoms with E-state index in [1.54, 1.807) is 0 Å². The summed E-state index contributed by atoms with van der Waals surface area (Å²) < 4.78 is 0. The number of aliphatic hydroxyl groups is 1. The van der Waals surface area contributed by atoms with E-state index in [1.807, 2.05) is 0 Å². The fourth-order valence-electron chi connectivity index (χ4n) is 4.83. The van der Waals surface area contributed by atoms with Crippen LogP contribution in [-0.2, 0) is 0 Å². The van der Waals surface area contributed by atoms with Gasteiger partial charge < -0.3 is 5.11 Å². The summed E-state index contributed by atoms with van der Waals surface area (Å²) >= 11 is 0. The quantitative estimate of drug-likeness (QED) is 0.758. The summed E-state index contributed by atoms with van der Waals surface area (Å²) in [5.74, 6) is 2.89. The van der Waals surface area contributed by atoms with Crippen LogP contribution in [0.15, 0.2) is 0 Å². The second-order valence-corrected chi connectivity index (χ2v) is 6.76. The van der Waals surface area contributed by atoms with Gasteiger partial charge in [-0.2, -0.15) is 0 Å². The number of hydrogen-bond donors (Lipinski definition) is 1. The molecule has 0 aromatic heterocycles.